The van der Waals surface area contributed by atoms with Crippen LogP contribution in [0.25, 0.3) is 0 Å². The maximum atomic E-state index is 13.4. The van der Waals surface area contributed by atoms with Crippen molar-refractivity contribution in [2.45, 2.75) is 20.0 Å². The summed E-state index contributed by atoms with van der Waals surface area (Å²) >= 11 is 6.00. The lowest BCUT2D eigenvalue weighted by molar-refractivity contribution is -0.145. The molecule has 1 heterocycles. The monoisotopic (exact) mass is 520 g/mol. The minimum Gasteiger partial charge on any atom is -0.469 e. The number of benzene rings is 3. The number of methoxy groups -OCH3 is 1. The number of hydrogen-bond acceptors (Lipinski definition) is 7. The first-order valence-electron chi connectivity index (χ1n) is 11.5. The summed E-state index contributed by atoms with van der Waals surface area (Å²) in [4.78, 5) is 42.3. The highest BCUT2D eigenvalue weighted by Crippen LogP contribution is 2.24. The number of halogens is 1. The average Bonchev–Trinajstić information content (AvgIpc) is 2.91. The fourth-order valence-corrected chi connectivity index (χ4v) is 3.73. The normalized spacial score (nSPS) is 11.5. The molecule has 0 saturated heterocycles. The van der Waals surface area contributed by atoms with Gasteiger partial charge in [0, 0.05) is 17.3 Å². The Kier molecular flexibility index (Phi) is 8.05. The molecule has 0 bridgehead atoms. The van der Waals surface area contributed by atoms with E-state index >= 15 is 0 Å². The Labute approximate surface area is 217 Å². The quantitative estimate of drug-likeness (QED) is 0.325. The van der Waals surface area contributed by atoms with Crippen LogP contribution in [0.1, 0.15) is 12.5 Å². The Hall–Kier alpha value is -4.37. The third-order valence-corrected chi connectivity index (χ3v) is 5.81. The molecule has 0 fully saturated rings. The number of para-hydroxylation sites is 1. The van der Waals surface area contributed by atoms with Gasteiger partial charge in [-0.1, -0.05) is 48.9 Å². The molecule has 0 radical (unpaired) electrons. The van der Waals surface area contributed by atoms with Crippen LogP contribution in [0, 0.1) is 5.92 Å². The van der Waals surface area contributed by atoms with E-state index in [9.17, 15) is 14.4 Å². The summed E-state index contributed by atoms with van der Waals surface area (Å²) in [5.41, 5.74) is -0.0247. The first-order chi connectivity index (χ1) is 17.8. The lowest BCUT2D eigenvalue weighted by atomic mass is 10.2. The summed E-state index contributed by atoms with van der Waals surface area (Å²) in [6.07, 6.45) is 0. The van der Waals surface area contributed by atoms with E-state index < -0.39 is 23.3 Å². The molecule has 1 unspecified atom stereocenters. The van der Waals surface area contributed by atoms with Gasteiger partial charge in [-0.15, -0.1) is 0 Å². The summed E-state index contributed by atoms with van der Waals surface area (Å²) in [5, 5.41) is 3.61. The van der Waals surface area contributed by atoms with E-state index in [1.807, 2.05) is 30.3 Å². The molecule has 3 aromatic carbocycles. The van der Waals surface area contributed by atoms with Crippen molar-refractivity contribution in [3.63, 3.8) is 0 Å². The van der Waals surface area contributed by atoms with Gasteiger partial charge in [0.25, 0.3) is 0 Å². The third-order valence-electron chi connectivity index (χ3n) is 5.55. The van der Waals surface area contributed by atoms with Gasteiger partial charge >= 0.3 is 17.3 Å². The molecule has 0 aliphatic carbocycles. The molecule has 1 aromatic heterocycles. The van der Waals surface area contributed by atoms with E-state index in [2.05, 4.69) is 10.3 Å². The number of aromatic nitrogens is 3. The van der Waals surface area contributed by atoms with Gasteiger partial charge in [0.15, 0.2) is 0 Å². The van der Waals surface area contributed by atoms with Crippen molar-refractivity contribution >= 4 is 29.2 Å². The van der Waals surface area contributed by atoms with Crippen LogP contribution in [0.3, 0.4) is 0 Å². The number of nitrogens with zero attached hydrogens (tertiary/aromatic N) is 3. The fourth-order valence-electron chi connectivity index (χ4n) is 3.61. The van der Waals surface area contributed by atoms with Gasteiger partial charge in [0.05, 0.1) is 19.6 Å². The predicted molar refractivity (Wildman–Crippen MR) is 141 cm³/mol. The first kappa shape index (κ1) is 25.7. The van der Waals surface area contributed by atoms with Gasteiger partial charge in [0.1, 0.15) is 11.5 Å². The standard InChI is InChI=1S/C27H25ClN4O5/c1-18(24(33)36-2)16-32-26(34)30-25(31(27(32)35)17-19-8-10-20(28)11-9-19)29-21-12-14-23(15-13-21)37-22-6-4-3-5-7-22/h3-15,18H,16-17H2,1-2H3,(H,29,30,34). The number of hydrogen-bond donors (Lipinski definition) is 1. The Morgan fingerprint density at radius 2 is 1.59 bits per heavy atom. The average molecular weight is 521 g/mol. The van der Waals surface area contributed by atoms with Crippen LogP contribution < -0.4 is 21.4 Å². The number of esters is 1. The molecule has 0 amide bonds. The van der Waals surface area contributed by atoms with Gasteiger partial charge in [-0.3, -0.25) is 9.36 Å². The molecule has 37 heavy (non-hydrogen) atoms. The van der Waals surface area contributed by atoms with Crippen LogP contribution in [0.4, 0.5) is 11.6 Å². The molecule has 9 nitrogen and oxygen atoms in total. The summed E-state index contributed by atoms with van der Waals surface area (Å²) in [5.74, 6) is 0.137. The van der Waals surface area contributed by atoms with E-state index in [1.54, 1.807) is 55.5 Å². The molecular weight excluding hydrogens is 496 g/mol. The molecule has 4 rings (SSSR count). The number of ether oxygens (including phenoxy) is 2. The van der Waals surface area contributed by atoms with Crippen molar-refractivity contribution < 1.29 is 14.3 Å². The summed E-state index contributed by atoms with van der Waals surface area (Å²) in [6.45, 7) is 1.53. The highest BCUT2D eigenvalue weighted by Gasteiger charge is 2.20. The maximum absolute atomic E-state index is 13.4. The van der Waals surface area contributed by atoms with E-state index in [1.165, 1.54) is 11.7 Å². The van der Waals surface area contributed by atoms with Crippen molar-refractivity contribution in [2.24, 2.45) is 5.92 Å². The molecule has 0 aliphatic heterocycles. The van der Waals surface area contributed by atoms with Gasteiger partial charge in [-0.05, 0) is 54.1 Å². The minimum atomic E-state index is -0.778. The minimum absolute atomic E-state index is 0.0589. The Bertz CT molecular complexity index is 1480. The first-order valence-corrected chi connectivity index (χ1v) is 11.9. The summed E-state index contributed by atoms with van der Waals surface area (Å²) in [7, 11) is 1.25. The van der Waals surface area contributed by atoms with Gasteiger partial charge in [0.2, 0.25) is 5.95 Å². The van der Waals surface area contributed by atoms with Crippen molar-refractivity contribution in [1.29, 1.82) is 0 Å². The second-order valence-corrected chi connectivity index (χ2v) is 8.75. The third kappa shape index (κ3) is 6.45. The number of rotatable bonds is 9. The zero-order chi connectivity index (χ0) is 26.4. The smallest absolute Gasteiger partial charge is 0.354 e. The fraction of sp³-hybridized carbons (Fsp3) is 0.185. The molecular formula is C27H25ClN4O5. The largest absolute Gasteiger partial charge is 0.469 e. The van der Waals surface area contributed by atoms with Gasteiger partial charge in [-0.2, -0.15) is 4.98 Å². The predicted octanol–water partition coefficient (Wildman–Crippen LogP) is 4.45. The Balaban J connectivity index is 1.66. The van der Waals surface area contributed by atoms with Crippen LogP contribution in [-0.2, 0) is 22.6 Å². The van der Waals surface area contributed by atoms with E-state index in [0.29, 0.717) is 22.2 Å². The number of anilines is 2. The molecule has 4 aromatic rings. The summed E-state index contributed by atoms with van der Waals surface area (Å²) < 4.78 is 12.8. The SMILES string of the molecule is COC(=O)C(C)Cn1c(=O)nc(Nc2ccc(Oc3ccccc3)cc2)n(Cc2ccc(Cl)cc2)c1=O. The number of carbonyl (C=O) groups excluding carboxylic acids is 1. The summed E-state index contributed by atoms with van der Waals surface area (Å²) in [6, 6.07) is 23.4. The zero-order valence-electron chi connectivity index (χ0n) is 20.3. The second kappa shape index (κ2) is 11.6. The van der Waals surface area contributed by atoms with Crippen LogP contribution in [0.15, 0.2) is 88.5 Å². The number of nitrogens with one attached hydrogen (secondary N) is 1. The Morgan fingerprint density at radius 1 is 0.946 bits per heavy atom. The maximum Gasteiger partial charge on any atom is 0.354 e. The van der Waals surface area contributed by atoms with E-state index in [0.717, 1.165) is 10.1 Å². The molecule has 1 N–H and O–H groups in total. The number of carbonyl (C=O) groups is 1. The molecule has 1 atom stereocenters. The van der Waals surface area contributed by atoms with Crippen molar-refractivity contribution in [3.05, 3.63) is 110 Å². The molecule has 0 aliphatic rings. The zero-order valence-corrected chi connectivity index (χ0v) is 21.0. The van der Waals surface area contributed by atoms with Crippen LogP contribution >= 0.6 is 11.6 Å². The molecule has 190 valence electrons. The van der Waals surface area contributed by atoms with E-state index in [4.69, 9.17) is 21.1 Å². The topological polar surface area (TPSA) is 104 Å². The van der Waals surface area contributed by atoms with E-state index in [-0.39, 0.29) is 19.0 Å². The van der Waals surface area contributed by atoms with Gasteiger partial charge < -0.3 is 14.8 Å². The van der Waals surface area contributed by atoms with Crippen molar-refractivity contribution in [2.75, 3.05) is 12.4 Å². The molecule has 0 spiro atoms. The lowest BCUT2D eigenvalue weighted by Crippen LogP contribution is -2.44. The van der Waals surface area contributed by atoms with Crippen LogP contribution in [-0.4, -0.2) is 27.2 Å². The molecule has 10 heteroatoms. The van der Waals surface area contributed by atoms with Gasteiger partial charge in [-0.25, -0.2) is 14.2 Å². The van der Waals surface area contributed by atoms with Crippen LogP contribution in [0.2, 0.25) is 5.02 Å². The van der Waals surface area contributed by atoms with Crippen LogP contribution in [0.5, 0.6) is 11.5 Å². The Morgan fingerprint density at radius 3 is 2.24 bits per heavy atom. The highest BCUT2D eigenvalue weighted by atomic mass is 35.5. The lowest BCUT2D eigenvalue weighted by Gasteiger charge is -2.17. The highest BCUT2D eigenvalue weighted by molar-refractivity contribution is 6.30. The second-order valence-electron chi connectivity index (χ2n) is 8.31. The van der Waals surface area contributed by atoms with Crippen molar-refractivity contribution in [1.82, 2.24) is 14.1 Å². The molecule has 0 saturated carbocycles. The van der Waals surface area contributed by atoms with Crippen molar-refractivity contribution in [3.8, 4) is 11.5 Å².